The number of Topliss-reactive ketones (excluding diaryl/α,β-unsaturated/α-hetero) is 1. The number of hydrogen-bond donors (Lipinski definition) is 2. The Bertz CT molecular complexity index is 456. The number of aliphatic carboxylic acids is 1. The van der Waals surface area contributed by atoms with Crippen LogP contribution in [-0.4, -0.2) is 22.0 Å². The van der Waals surface area contributed by atoms with E-state index in [0.29, 0.717) is 0 Å². The van der Waals surface area contributed by atoms with Gasteiger partial charge in [0.2, 0.25) is 0 Å². The second-order valence-corrected chi connectivity index (χ2v) is 3.23. The number of halogens is 2. The molecule has 0 heterocycles. The second kappa shape index (κ2) is 3.86. The standard InChI is InChI=1S/C9H6ClFO4/c1-3-2-4(7(12)9(14)15)6(11)8(13)5(3)10/h2,13H,1H3,(H,14,15). The highest BCUT2D eigenvalue weighted by atomic mass is 35.5. The van der Waals surface area contributed by atoms with Crippen molar-refractivity contribution in [2.45, 2.75) is 6.92 Å². The highest BCUT2D eigenvalue weighted by Gasteiger charge is 2.23. The minimum absolute atomic E-state index is 0.222. The molecule has 15 heavy (non-hydrogen) atoms. The van der Waals surface area contributed by atoms with Crippen molar-refractivity contribution in [3.8, 4) is 5.75 Å². The van der Waals surface area contributed by atoms with E-state index in [1.54, 1.807) is 0 Å². The molecule has 0 bridgehead atoms. The Morgan fingerprint density at radius 3 is 2.47 bits per heavy atom. The largest absolute Gasteiger partial charge is 0.504 e. The summed E-state index contributed by atoms with van der Waals surface area (Å²) in [5.74, 6) is -5.46. The normalized spacial score (nSPS) is 10.1. The van der Waals surface area contributed by atoms with Crippen LogP contribution in [0.2, 0.25) is 5.02 Å². The highest BCUT2D eigenvalue weighted by Crippen LogP contribution is 2.32. The third kappa shape index (κ3) is 1.92. The predicted molar refractivity (Wildman–Crippen MR) is 49.8 cm³/mol. The Hall–Kier alpha value is -1.62. The number of ketones is 1. The Balaban J connectivity index is 3.45. The zero-order valence-corrected chi connectivity index (χ0v) is 8.30. The molecule has 0 atom stereocenters. The maximum atomic E-state index is 13.2. The van der Waals surface area contributed by atoms with Gasteiger partial charge in [0, 0.05) is 0 Å². The number of carbonyl (C=O) groups is 2. The third-order valence-corrected chi connectivity index (χ3v) is 2.28. The van der Waals surface area contributed by atoms with Crippen LogP contribution < -0.4 is 0 Å². The zero-order chi connectivity index (χ0) is 11.7. The Morgan fingerprint density at radius 1 is 1.47 bits per heavy atom. The molecular weight excluding hydrogens is 227 g/mol. The Morgan fingerprint density at radius 2 is 2.00 bits per heavy atom. The van der Waals surface area contributed by atoms with Gasteiger partial charge in [-0.1, -0.05) is 11.6 Å². The van der Waals surface area contributed by atoms with Crippen molar-refractivity contribution in [2.24, 2.45) is 0 Å². The van der Waals surface area contributed by atoms with Crippen molar-refractivity contribution in [3.63, 3.8) is 0 Å². The van der Waals surface area contributed by atoms with Crippen LogP contribution in [0, 0.1) is 12.7 Å². The van der Waals surface area contributed by atoms with Crippen LogP contribution in [0.25, 0.3) is 0 Å². The van der Waals surface area contributed by atoms with Gasteiger partial charge in [0.1, 0.15) is 0 Å². The minimum atomic E-state index is -1.80. The molecule has 0 aliphatic heterocycles. The van der Waals surface area contributed by atoms with Crippen LogP contribution >= 0.6 is 11.6 Å². The molecule has 0 aliphatic rings. The zero-order valence-electron chi connectivity index (χ0n) is 7.54. The van der Waals surface area contributed by atoms with Crippen LogP contribution in [0.3, 0.4) is 0 Å². The average molecular weight is 233 g/mol. The van der Waals surface area contributed by atoms with Crippen molar-refractivity contribution in [1.29, 1.82) is 0 Å². The van der Waals surface area contributed by atoms with Gasteiger partial charge < -0.3 is 10.2 Å². The number of carboxylic acid groups (broad SMARTS) is 1. The lowest BCUT2D eigenvalue weighted by Gasteiger charge is -2.06. The van der Waals surface area contributed by atoms with Crippen LogP contribution in [0.5, 0.6) is 5.75 Å². The molecule has 0 saturated heterocycles. The molecule has 0 fully saturated rings. The summed E-state index contributed by atoms with van der Waals surface area (Å²) in [6, 6.07) is 0.980. The molecule has 1 rings (SSSR count). The number of phenols is 1. The maximum Gasteiger partial charge on any atom is 0.377 e. The van der Waals surface area contributed by atoms with Gasteiger partial charge in [0.25, 0.3) is 5.78 Å². The number of aryl methyl sites for hydroxylation is 1. The fraction of sp³-hybridized carbons (Fsp3) is 0.111. The first kappa shape index (κ1) is 11.5. The van der Waals surface area contributed by atoms with Crippen LogP contribution in [-0.2, 0) is 4.79 Å². The van der Waals surface area contributed by atoms with Gasteiger partial charge in [-0.15, -0.1) is 0 Å². The summed E-state index contributed by atoms with van der Waals surface area (Å²) in [6.07, 6.45) is 0. The van der Waals surface area contributed by atoms with Gasteiger partial charge >= 0.3 is 5.97 Å². The van der Waals surface area contributed by atoms with Crippen molar-refractivity contribution < 1.29 is 24.2 Å². The van der Waals surface area contributed by atoms with E-state index in [4.69, 9.17) is 21.8 Å². The van der Waals surface area contributed by atoms with Crippen LogP contribution in [0.4, 0.5) is 4.39 Å². The molecule has 0 saturated carbocycles. The molecule has 4 nitrogen and oxygen atoms in total. The van der Waals surface area contributed by atoms with Crippen LogP contribution in [0.1, 0.15) is 15.9 Å². The third-order valence-electron chi connectivity index (χ3n) is 1.80. The maximum absolute atomic E-state index is 13.2. The van der Waals surface area contributed by atoms with E-state index in [9.17, 15) is 14.0 Å². The number of rotatable bonds is 2. The average Bonchev–Trinajstić information content (AvgIpc) is 2.19. The van der Waals surface area contributed by atoms with Crippen LogP contribution in [0.15, 0.2) is 6.07 Å². The van der Waals surface area contributed by atoms with E-state index in [1.807, 2.05) is 0 Å². The number of benzene rings is 1. The lowest BCUT2D eigenvalue weighted by Crippen LogP contribution is -2.14. The number of phenolic OH excluding ortho intramolecular Hbond substituents is 1. The number of hydrogen-bond acceptors (Lipinski definition) is 3. The van der Waals surface area contributed by atoms with E-state index in [2.05, 4.69) is 0 Å². The summed E-state index contributed by atoms with van der Waals surface area (Å²) in [5, 5.41) is 17.3. The first-order chi connectivity index (χ1) is 6.86. The van der Waals surface area contributed by atoms with Gasteiger partial charge in [-0.25, -0.2) is 9.18 Å². The highest BCUT2D eigenvalue weighted by molar-refractivity contribution is 6.40. The topological polar surface area (TPSA) is 74.6 Å². The smallest absolute Gasteiger partial charge is 0.377 e. The SMILES string of the molecule is Cc1cc(C(=O)C(=O)O)c(F)c(O)c1Cl. The molecule has 1 aromatic rings. The Kier molecular flexibility index (Phi) is 2.95. The summed E-state index contributed by atoms with van der Waals surface area (Å²) in [6.45, 7) is 1.42. The molecule has 2 N–H and O–H groups in total. The molecule has 6 heteroatoms. The van der Waals surface area contributed by atoms with Gasteiger partial charge in [0.15, 0.2) is 11.6 Å². The summed E-state index contributed by atoms with van der Waals surface area (Å²) in [7, 11) is 0. The predicted octanol–water partition coefficient (Wildman–Crippen LogP) is 1.76. The summed E-state index contributed by atoms with van der Waals surface area (Å²) >= 11 is 5.49. The molecule has 0 amide bonds. The fourth-order valence-electron chi connectivity index (χ4n) is 1.03. The molecule has 0 unspecified atom stereocenters. The lowest BCUT2D eigenvalue weighted by molar-refractivity contribution is -0.131. The lowest BCUT2D eigenvalue weighted by atomic mass is 10.1. The number of carbonyl (C=O) groups excluding carboxylic acids is 1. The molecular formula is C9H6ClFO4. The Labute approximate surface area is 88.9 Å². The van der Waals surface area contributed by atoms with Crippen molar-refractivity contribution in [1.82, 2.24) is 0 Å². The molecule has 0 radical (unpaired) electrons. The first-order valence-electron chi connectivity index (χ1n) is 3.81. The van der Waals surface area contributed by atoms with Gasteiger partial charge in [0.05, 0.1) is 10.6 Å². The van der Waals surface area contributed by atoms with E-state index >= 15 is 0 Å². The van der Waals surface area contributed by atoms with E-state index < -0.39 is 28.9 Å². The summed E-state index contributed by atoms with van der Waals surface area (Å²) in [5.41, 5.74) is -0.484. The first-order valence-corrected chi connectivity index (χ1v) is 4.19. The van der Waals surface area contributed by atoms with Crippen molar-refractivity contribution in [3.05, 3.63) is 28.0 Å². The number of carboxylic acids is 1. The van der Waals surface area contributed by atoms with Gasteiger partial charge in [-0.2, -0.15) is 0 Å². The molecule has 1 aromatic carbocycles. The second-order valence-electron chi connectivity index (χ2n) is 2.85. The fourth-order valence-corrected chi connectivity index (χ4v) is 1.17. The summed E-state index contributed by atoms with van der Waals surface area (Å²) in [4.78, 5) is 21.3. The van der Waals surface area contributed by atoms with E-state index in [-0.39, 0.29) is 10.6 Å². The quantitative estimate of drug-likeness (QED) is 0.602. The van der Waals surface area contributed by atoms with Crippen molar-refractivity contribution in [2.75, 3.05) is 0 Å². The molecule has 0 spiro atoms. The number of aromatic hydroxyl groups is 1. The van der Waals surface area contributed by atoms with Crippen molar-refractivity contribution >= 4 is 23.4 Å². The molecule has 0 aliphatic carbocycles. The van der Waals surface area contributed by atoms with E-state index in [1.165, 1.54) is 6.92 Å². The van der Waals surface area contributed by atoms with E-state index in [0.717, 1.165) is 6.07 Å². The monoisotopic (exact) mass is 232 g/mol. The summed E-state index contributed by atoms with van der Waals surface area (Å²) < 4.78 is 13.2. The molecule has 80 valence electrons. The molecule has 0 aromatic heterocycles. The van der Waals surface area contributed by atoms with Gasteiger partial charge in [-0.05, 0) is 18.6 Å². The van der Waals surface area contributed by atoms with Gasteiger partial charge in [-0.3, -0.25) is 4.79 Å². The minimum Gasteiger partial charge on any atom is -0.504 e.